The second-order valence-corrected chi connectivity index (χ2v) is 7.84. The van der Waals surface area contributed by atoms with Gasteiger partial charge in [0.25, 0.3) is 0 Å². The van der Waals surface area contributed by atoms with Crippen LogP contribution in [0.4, 0.5) is 0 Å². The molecule has 0 spiro atoms. The quantitative estimate of drug-likeness (QED) is 0.895. The molecule has 0 saturated heterocycles. The Morgan fingerprint density at radius 2 is 1.96 bits per heavy atom. The second-order valence-electron chi connectivity index (χ2n) is 6.15. The van der Waals surface area contributed by atoms with E-state index in [1.807, 2.05) is 6.92 Å². The molecule has 1 heterocycles. The fraction of sp³-hybridized carbons (Fsp3) is 0.471. The summed E-state index contributed by atoms with van der Waals surface area (Å²) in [6.45, 7) is 1.83. The van der Waals surface area contributed by atoms with E-state index in [0.717, 1.165) is 36.9 Å². The van der Waals surface area contributed by atoms with Gasteiger partial charge in [-0.15, -0.1) is 0 Å². The van der Waals surface area contributed by atoms with Gasteiger partial charge in [-0.2, -0.15) is 0 Å². The van der Waals surface area contributed by atoms with Gasteiger partial charge in [-0.05, 0) is 38.0 Å². The Kier molecular flexibility index (Phi) is 4.91. The predicted octanol–water partition coefficient (Wildman–Crippen LogP) is 3.27. The molecule has 0 aliphatic heterocycles. The average Bonchev–Trinajstić information content (AvgIpc) is 3.01. The first-order valence-corrected chi connectivity index (χ1v) is 9.62. The smallest absolute Gasteiger partial charge is 0.244 e. The molecular formula is C17H22N2O4S. The van der Waals surface area contributed by atoms with Crippen molar-refractivity contribution in [2.24, 2.45) is 0 Å². The summed E-state index contributed by atoms with van der Waals surface area (Å²) in [5.41, 5.74) is 1.49. The van der Waals surface area contributed by atoms with Crippen LogP contribution in [0.1, 0.15) is 37.8 Å². The molecule has 1 N–H and O–H groups in total. The molecule has 1 aliphatic carbocycles. The van der Waals surface area contributed by atoms with Crippen molar-refractivity contribution in [2.75, 3.05) is 7.11 Å². The van der Waals surface area contributed by atoms with E-state index in [0.29, 0.717) is 11.5 Å². The van der Waals surface area contributed by atoms with Crippen molar-refractivity contribution >= 4 is 10.0 Å². The Bertz CT molecular complexity index is 808. The van der Waals surface area contributed by atoms with Crippen LogP contribution in [0, 0.1) is 6.92 Å². The van der Waals surface area contributed by atoms with Gasteiger partial charge in [0.05, 0.1) is 12.8 Å². The van der Waals surface area contributed by atoms with E-state index in [2.05, 4.69) is 9.88 Å². The Balaban J connectivity index is 1.89. The van der Waals surface area contributed by atoms with E-state index >= 15 is 0 Å². The standard InChI is InChI=1S/C17H22N2O4S/c1-12-10-15(23-18-12)13-8-9-17(16(11-13)22-2)24(20,21)19-14-6-4-3-5-7-14/h8-11,14,19H,3-7H2,1-2H3. The number of methoxy groups -OCH3 is 1. The molecule has 1 aliphatic rings. The molecule has 1 fully saturated rings. The summed E-state index contributed by atoms with van der Waals surface area (Å²) in [6.07, 6.45) is 5.07. The third kappa shape index (κ3) is 3.62. The van der Waals surface area contributed by atoms with Crippen LogP contribution in [-0.2, 0) is 10.0 Å². The lowest BCUT2D eigenvalue weighted by Gasteiger charge is -2.23. The summed E-state index contributed by atoms with van der Waals surface area (Å²) < 4.78 is 38.8. The van der Waals surface area contributed by atoms with Crippen LogP contribution in [0.3, 0.4) is 0 Å². The fourth-order valence-electron chi connectivity index (χ4n) is 3.05. The van der Waals surface area contributed by atoms with E-state index in [-0.39, 0.29) is 10.9 Å². The van der Waals surface area contributed by atoms with Crippen molar-refractivity contribution in [1.29, 1.82) is 0 Å². The maximum absolute atomic E-state index is 12.7. The predicted molar refractivity (Wildman–Crippen MR) is 90.4 cm³/mol. The third-order valence-electron chi connectivity index (χ3n) is 4.29. The van der Waals surface area contributed by atoms with Gasteiger partial charge in [0.15, 0.2) is 5.76 Å². The number of hydrogen-bond donors (Lipinski definition) is 1. The van der Waals surface area contributed by atoms with E-state index < -0.39 is 10.0 Å². The molecule has 0 amide bonds. The van der Waals surface area contributed by atoms with Crippen LogP contribution in [0.15, 0.2) is 33.7 Å². The summed E-state index contributed by atoms with van der Waals surface area (Å²) >= 11 is 0. The van der Waals surface area contributed by atoms with Crippen LogP contribution < -0.4 is 9.46 Å². The molecule has 0 atom stereocenters. The van der Waals surface area contributed by atoms with E-state index in [4.69, 9.17) is 9.26 Å². The van der Waals surface area contributed by atoms with Gasteiger partial charge in [-0.1, -0.05) is 24.4 Å². The number of sulfonamides is 1. The van der Waals surface area contributed by atoms with E-state index in [9.17, 15) is 8.42 Å². The van der Waals surface area contributed by atoms with Crippen LogP contribution in [0.25, 0.3) is 11.3 Å². The molecule has 1 aromatic heterocycles. The van der Waals surface area contributed by atoms with Gasteiger partial charge in [0.2, 0.25) is 10.0 Å². The summed E-state index contributed by atoms with van der Waals surface area (Å²) in [4.78, 5) is 0.149. The van der Waals surface area contributed by atoms with Crippen molar-refractivity contribution in [3.8, 4) is 17.1 Å². The molecule has 7 heteroatoms. The molecule has 0 radical (unpaired) electrons. The summed E-state index contributed by atoms with van der Waals surface area (Å²) in [6, 6.07) is 6.72. The second kappa shape index (κ2) is 6.94. The Hall–Kier alpha value is -1.86. The first-order valence-electron chi connectivity index (χ1n) is 8.13. The van der Waals surface area contributed by atoms with Crippen molar-refractivity contribution in [3.63, 3.8) is 0 Å². The molecular weight excluding hydrogens is 328 g/mol. The zero-order chi connectivity index (χ0) is 17.2. The molecule has 1 saturated carbocycles. The topological polar surface area (TPSA) is 81.4 Å². The van der Waals surface area contributed by atoms with E-state index in [1.165, 1.54) is 13.5 Å². The highest BCUT2D eigenvalue weighted by atomic mass is 32.2. The molecule has 3 rings (SSSR count). The minimum Gasteiger partial charge on any atom is -0.495 e. The maximum atomic E-state index is 12.7. The van der Waals surface area contributed by atoms with Gasteiger partial charge >= 0.3 is 0 Å². The minimum absolute atomic E-state index is 0.00468. The number of nitrogens with one attached hydrogen (secondary N) is 1. The van der Waals surface area contributed by atoms with Gasteiger partial charge in [0.1, 0.15) is 10.6 Å². The van der Waals surface area contributed by atoms with Crippen molar-refractivity contribution in [1.82, 2.24) is 9.88 Å². The number of benzene rings is 1. The molecule has 130 valence electrons. The first-order chi connectivity index (χ1) is 11.5. The van der Waals surface area contributed by atoms with Crippen molar-refractivity contribution < 1.29 is 17.7 Å². The molecule has 0 bridgehead atoms. The summed E-state index contributed by atoms with van der Waals surface area (Å²) in [7, 11) is -2.15. The van der Waals surface area contributed by atoms with Crippen LogP contribution in [0.5, 0.6) is 5.75 Å². The highest BCUT2D eigenvalue weighted by Crippen LogP contribution is 2.31. The molecule has 2 aromatic rings. The van der Waals surface area contributed by atoms with E-state index in [1.54, 1.807) is 24.3 Å². The minimum atomic E-state index is -3.62. The van der Waals surface area contributed by atoms with Crippen LogP contribution in [0.2, 0.25) is 0 Å². The summed E-state index contributed by atoms with van der Waals surface area (Å²) in [5.74, 6) is 0.875. The lowest BCUT2D eigenvalue weighted by molar-refractivity contribution is 0.396. The zero-order valence-electron chi connectivity index (χ0n) is 13.9. The molecule has 0 unspecified atom stereocenters. The number of ether oxygens (including phenoxy) is 1. The van der Waals surface area contributed by atoms with Gasteiger partial charge < -0.3 is 9.26 Å². The summed E-state index contributed by atoms with van der Waals surface area (Å²) in [5, 5.41) is 3.85. The number of rotatable bonds is 5. The lowest BCUT2D eigenvalue weighted by atomic mass is 9.96. The zero-order valence-corrected chi connectivity index (χ0v) is 14.7. The Labute approximate surface area is 142 Å². The Morgan fingerprint density at radius 1 is 1.21 bits per heavy atom. The van der Waals surface area contributed by atoms with Gasteiger partial charge in [0, 0.05) is 17.7 Å². The van der Waals surface area contributed by atoms with Crippen molar-refractivity contribution in [2.45, 2.75) is 50.0 Å². The van der Waals surface area contributed by atoms with Gasteiger partial charge in [-0.3, -0.25) is 0 Å². The molecule has 6 nitrogen and oxygen atoms in total. The average molecular weight is 350 g/mol. The molecule has 24 heavy (non-hydrogen) atoms. The number of nitrogens with zero attached hydrogens (tertiary/aromatic N) is 1. The fourth-order valence-corrected chi connectivity index (χ4v) is 4.50. The van der Waals surface area contributed by atoms with Gasteiger partial charge in [-0.25, -0.2) is 13.1 Å². The van der Waals surface area contributed by atoms with Crippen molar-refractivity contribution in [3.05, 3.63) is 30.0 Å². The normalized spacial score (nSPS) is 16.2. The maximum Gasteiger partial charge on any atom is 0.244 e. The highest BCUT2D eigenvalue weighted by molar-refractivity contribution is 7.89. The number of hydrogen-bond acceptors (Lipinski definition) is 5. The number of aryl methyl sites for hydroxylation is 1. The van der Waals surface area contributed by atoms with Crippen LogP contribution >= 0.6 is 0 Å². The lowest BCUT2D eigenvalue weighted by Crippen LogP contribution is -2.36. The number of aromatic nitrogens is 1. The Morgan fingerprint density at radius 3 is 2.58 bits per heavy atom. The largest absolute Gasteiger partial charge is 0.495 e. The SMILES string of the molecule is COc1cc(-c2cc(C)no2)ccc1S(=O)(=O)NC1CCCCC1. The molecule has 1 aromatic carbocycles. The third-order valence-corrected chi connectivity index (χ3v) is 5.85. The van der Waals surface area contributed by atoms with Crippen LogP contribution in [-0.4, -0.2) is 26.7 Å². The first kappa shape index (κ1) is 17.0. The highest BCUT2D eigenvalue weighted by Gasteiger charge is 2.25. The monoisotopic (exact) mass is 350 g/mol.